The lowest BCUT2D eigenvalue weighted by molar-refractivity contribution is -0.116. The molecule has 4 heteroatoms. The minimum absolute atomic E-state index is 0.117. The van der Waals surface area contributed by atoms with E-state index >= 15 is 0 Å². The number of fused-ring (bicyclic) bond motifs is 1. The molecule has 1 unspecified atom stereocenters. The number of hydrogen-bond donors (Lipinski definition) is 2. The molecule has 0 bridgehead atoms. The number of thiophene rings is 1. The third-order valence-electron chi connectivity index (χ3n) is 3.64. The van der Waals surface area contributed by atoms with Gasteiger partial charge < -0.3 is 10.6 Å². The lowest BCUT2D eigenvalue weighted by Gasteiger charge is -2.22. The molecule has 2 heterocycles. The Morgan fingerprint density at radius 1 is 1.30 bits per heavy atom. The molecule has 1 aromatic carbocycles. The van der Waals surface area contributed by atoms with Gasteiger partial charge in [-0.1, -0.05) is 19.1 Å². The third kappa shape index (κ3) is 2.62. The van der Waals surface area contributed by atoms with E-state index in [2.05, 4.69) is 46.5 Å². The van der Waals surface area contributed by atoms with E-state index in [1.807, 2.05) is 6.07 Å². The van der Waals surface area contributed by atoms with Crippen LogP contribution in [-0.4, -0.2) is 12.5 Å². The minimum Gasteiger partial charge on any atom is -0.326 e. The second-order valence-corrected chi connectivity index (χ2v) is 5.79. The van der Waals surface area contributed by atoms with Gasteiger partial charge in [-0.3, -0.25) is 4.79 Å². The Labute approximate surface area is 123 Å². The summed E-state index contributed by atoms with van der Waals surface area (Å²) in [6, 6.07) is 8.75. The van der Waals surface area contributed by atoms with E-state index in [9.17, 15) is 4.79 Å². The number of anilines is 1. The summed E-state index contributed by atoms with van der Waals surface area (Å²) in [6.45, 7) is 3.05. The average molecular weight is 286 g/mol. The molecule has 3 rings (SSSR count). The lowest BCUT2D eigenvalue weighted by atomic mass is 9.95. The number of benzene rings is 1. The normalized spacial score (nSPS) is 15.6. The molecule has 3 nitrogen and oxygen atoms in total. The number of rotatable bonds is 4. The SMILES string of the molecule is CCNC(c1ccsc1)c1ccc2c(c1)CCC(=O)N2. The molecule has 0 radical (unpaired) electrons. The molecule has 0 saturated heterocycles. The monoisotopic (exact) mass is 286 g/mol. The predicted molar refractivity (Wildman–Crippen MR) is 83.2 cm³/mol. The molecule has 0 saturated carbocycles. The van der Waals surface area contributed by atoms with Gasteiger partial charge in [-0.2, -0.15) is 11.3 Å². The second kappa shape index (κ2) is 5.77. The van der Waals surface area contributed by atoms with Crippen molar-refractivity contribution in [1.29, 1.82) is 0 Å². The molecule has 1 aliphatic rings. The van der Waals surface area contributed by atoms with E-state index in [0.29, 0.717) is 6.42 Å². The van der Waals surface area contributed by atoms with Crippen molar-refractivity contribution >= 4 is 22.9 Å². The topological polar surface area (TPSA) is 41.1 Å². The Balaban J connectivity index is 1.94. The van der Waals surface area contributed by atoms with Crippen LogP contribution in [0.4, 0.5) is 5.69 Å². The summed E-state index contributed by atoms with van der Waals surface area (Å²) in [5.41, 5.74) is 4.77. The van der Waals surface area contributed by atoms with Crippen LogP contribution in [0.1, 0.15) is 36.1 Å². The van der Waals surface area contributed by atoms with Crippen LogP contribution < -0.4 is 10.6 Å². The summed E-state index contributed by atoms with van der Waals surface area (Å²) in [5.74, 6) is 0.117. The zero-order valence-corrected chi connectivity index (χ0v) is 12.3. The molecule has 0 aliphatic carbocycles. The van der Waals surface area contributed by atoms with Gasteiger partial charge in [-0.15, -0.1) is 0 Å². The van der Waals surface area contributed by atoms with E-state index in [1.165, 1.54) is 16.7 Å². The molecule has 1 aliphatic heterocycles. The van der Waals surface area contributed by atoms with Crippen LogP contribution in [-0.2, 0) is 11.2 Å². The molecule has 2 N–H and O–H groups in total. The molecule has 0 fully saturated rings. The molecule has 1 atom stereocenters. The van der Waals surface area contributed by atoms with Gasteiger partial charge in [0.15, 0.2) is 0 Å². The first-order valence-electron chi connectivity index (χ1n) is 6.96. The van der Waals surface area contributed by atoms with Crippen LogP contribution in [0.2, 0.25) is 0 Å². The molecule has 1 amide bonds. The van der Waals surface area contributed by atoms with Gasteiger partial charge in [0.05, 0.1) is 6.04 Å². The van der Waals surface area contributed by atoms with Gasteiger partial charge >= 0.3 is 0 Å². The highest BCUT2D eigenvalue weighted by Gasteiger charge is 2.18. The van der Waals surface area contributed by atoms with Gasteiger partial charge in [0.2, 0.25) is 5.91 Å². The Morgan fingerprint density at radius 3 is 2.95 bits per heavy atom. The van der Waals surface area contributed by atoms with E-state index in [0.717, 1.165) is 18.7 Å². The first kappa shape index (κ1) is 13.3. The van der Waals surface area contributed by atoms with Crippen molar-refractivity contribution in [1.82, 2.24) is 5.32 Å². The first-order chi connectivity index (χ1) is 9.78. The molecule has 20 heavy (non-hydrogen) atoms. The fourth-order valence-electron chi connectivity index (χ4n) is 2.65. The van der Waals surface area contributed by atoms with E-state index in [-0.39, 0.29) is 11.9 Å². The van der Waals surface area contributed by atoms with E-state index in [4.69, 9.17) is 0 Å². The third-order valence-corrected chi connectivity index (χ3v) is 4.34. The number of carbonyl (C=O) groups is 1. The van der Waals surface area contributed by atoms with Crippen molar-refractivity contribution in [3.8, 4) is 0 Å². The molecule has 104 valence electrons. The van der Waals surface area contributed by atoms with Crippen molar-refractivity contribution < 1.29 is 4.79 Å². The highest BCUT2D eigenvalue weighted by molar-refractivity contribution is 7.08. The standard InChI is InChI=1S/C16H18N2OS/c1-2-17-16(13-7-8-20-10-13)12-3-5-14-11(9-12)4-6-15(19)18-14/h3,5,7-10,16-17H,2,4,6H2,1H3,(H,18,19). The zero-order valence-electron chi connectivity index (χ0n) is 11.5. The van der Waals surface area contributed by atoms with Gasteiger partial charge in [0, 0.05) is 12.1 Å². The molecule has 1 aromatic heterocycles. The molecule has 0 spiro atoms. The van der Waals surface area contributed by atoms with Crippen LogP contribution in [0.15, 0.2) is 35.0 Å². The molecule has 2 aromatic rings. The Bertz CT molecular complexity index is 607. The summed E-state index contributed by atoms with van der Waals surface area (Å²) in [6.07, 6.45) is 1.41. The number of carbonyl (C=O) groups excluding carboxylic acids is 1. The largest absolute Gasteiger partial charge is 0.326 e. The molecular weight excluding hydrogens is 268 g/mol. The molecular formula is C16H18N2OS. The fraction of sp³-hybridized carbons (Fsp3) is 0.312. The van der Waals surface area contributed by atoms with Crippen LogP contribution in [0.25, 0.3) is 0 Å². The van der Waals surface area contributed by atoms with Crippen LogP contribution in [0.5, 0.6) is 0 Å². The Kier molecular flexibility index (Phi) is 3.85. The zero-order chi connectivity index (χ0) is 13.9. The van der Waals surface area contributed by atoms with Crippen LogP contribution >= 0.6 is 11.3 Å². The van der Waals surface area contributed by atoms with Crippen LogP contribution in [0, 0.1) is 0 Å². The van der Waals surface area contributed by atoms with Crippen molar-refractivity contribution in [2.24, 2.45) is 0 Å². The first-order valence-corrected chi connectivity index (χ1v) is 7.90. The van der Waals surface area contributed by atoms with E-state index < -0.39 is 0 Å². The Morgan fingerprint density at radius 2 is 2.20 bits per heavy atom. The second-order valence-electron chi connectivity index (χ2n) is 5.01. The van der Waals surface area contributed by atoms with Gasteiger partial charge in [0.25, 0.3) is 0 Å². The number of hydrogen-bond acceptors (Lipinski definition) is 3. The summed E-state index contributed by atoms with van der Waals surface area (Å²) in [7, 11) is 0. The maximum atomic E-state index is 11.4. The average Bonchev–Trinajstić information content (AvgIpc) is 2.98. The maximum Gasteiger partial charge on any atom is 0.224 e. The van der Waals surface area contributed by atoms with Gasteiger partial charge in [-0.25, -0.2) is 0 Å². The summed E-state index contributed by atoms with van der Waals surface area (Å²) < 4.78 is 0. The lowest BCUT2D eigenvalue weighted by Crippen LogP contribution is -2.23. The smallest absolute Gasteiger partial charge is 0.224 e. The van der Waals surface area contributed by atoms with Crippen molar-refractivity contribution in [2.75, 3.05) is 11.9 Å². The predicted octanol–water partition coefficient (Wildman–Crippen LogP) is 3.33. The Hall–Kier alpha value is -1.65. The maximum absolute atomic E-state index is 11.4. The summed E-state index contributed by atoms with van der Waals surface area (Å²) in [5, 5.41) is 10.8. The van der Waals surface area contributed by atoms with Crippen LogP contribution in [0.3, 0.4) is 0 Å². The highest BCUT2D eigenvalue weighted by atomic mass is 32.1. The van der Waals surface area contributed by atoms with Crippen molar-refractivity contribution in [3.05, 3.63) is 51.7 Å². The van der Waals surface area contributed by atoms with Crippen molar-refractivity contribution in [2.45, 2.75) is 25.8 Å². The van der Waals surface area contributed by atoms with E-state index in [1.54, 1.807) is 11.3 Å². The highest BCUT2D eigenvalue weighted by Crippen LogP contribution is 2.29. The summed E-state index contributed by atoms with van der Waals surface area (Å²) >= 11 is 1.72. The number of amides is 1. The minimum atomic E-state index is 0.117. The number of nitrogens with one attached hydrogen (secondary N) is 2. The van der Waals surface area contributed by atoms with Gasteiger partial charge in [0.1, 0.15) is 0 Å². The fourth-order valence-corrected chi connectivity index (χ4v) is 3.34. The number of aryl methyl sites for hydroxylation is 1. The van der Waals surface area contributed by atoms with Gasteiger partial charge in [-0.05, 0) is 52.5 Å². The quantitative estimate of drug-likeness (QED) is 0.905. The van der Waals surface area contributed by atoms with Crippen molar-refractivity contribution in [3.63, 3.8) is 0 Å². The summed E-state index contributed by atoms with van der Waals surface area (Å²) in [4.78, 5) is 11.4.